The smallest absolute Gasteiger partial charge is 0.488 e. The van der Waals surface area contributed by atoms with Crippen LogP contribution in [0.15, 0.2) is 36.4 Å². The number of aryl methyl sites for hydroxylation is 1. The van der Waals surface area contributed by atoms with Crippen LogP contribution in [0.5, 0.6) is 5.75 Å². The van der Waals surface area contributed by atoms with Crippen LogP contribution in [0.2, 0.25) is 5.02 Å². The summed E-state index contributed by atoms with van der Waals surface area (Å²) in [5.41, 5.74) is 1.82. The third-order valence-corrected chi connectivity index (χ3v) is 3.28. The molecule has 0 spiro atoms. The Morgan fingerprint density at radius 2 is 1.95 bits per heavy atom. The molecular weight excluding hydrogens is 281 g/mol. The summed E-state index contributed by atoms with van der Waals surface area (Å²) >= 11 is 5.91. The summed E-state index contributed by atoms with van der Waals surface area (Å²) in [7, 11) is -1.50. The van der Waals surface area contributed by atoms with E-state index in [4.69, 9.17) is 26.4 Å². The van der Waals surface area contributed by atoms with E-state index < -0.39 is 12.9 Å². The monoisotopic (exact) mass is 294 g/mol. The molecule has 0 atom stereocenters. The molecule has 2 rings (SSSR count). The van der Waals surface area contributed by atoms with E-state index in [0.717, 1.165) is 0 Å². The second-order valence-electron chi connectivity index (χ2n) is 4.42. The highest BCUT2D eigenvalue weighted by Gasteiger charge is 2.14. The number of ether oxygens (including phenoxy) is 1. The Balaban J connectivity index is 2.09. The van der Waals surface area contributed by atoms with Crippen molar-refractivity contribution in [1.29, 1.82) is 0 Å². The molecule has 2 aromatic carbocycles. The van der Waals surface area contributed by atoms with Gasteiger partial charge in [0, 0.05) is 5.56 Å². The molecule has 0 bridgehead atoms. The normalized spacial score (nSPS) is 10.4. The van der Waals surface area contributed by atoms with E-state index in [1.165, 1.54) is 12.1 Å². The summed E-state index contributed by atoms with van der Waals surface area (Å²) in [5.74, 6) is 0.183. The summed E-state index contributed by atoms with van der Waals surface area (Å²) in [4.78, 5) is 0. The molecule has 2 N–H and O–H groups in total. The fourth-order valence-electron chi connectivity index (χ4n) is 1.83. The van der Waals surface area contributed by atoms with E-state index in [2.05, 4.69) is 0 Å². The molecule has 20 heavy (non-hydrogen) atoms. The lowest BCUT2D eigenvalue weighted by molar-refractivity contribution is 0.306. The molecule has 0 heterocycles. The number of halogens is 2. The molecule has 0 aliphatic heterocycles. The van der Waals surface area contributed by atoms with E-state index in [0.29, 0.717) is 27.4 Å². The molecule has 0 fully saturated rings. The molecule has 0 saturated heterocycles. The second-order valence-corrected chi connectivity index (χ2v) is 4.82. The molecule has 0 aliphatic carbocycles. The Morgan fingerprint density at radius 1 is 1.20 bits per heavy atom. The van der Waals surface area contributed by atoms with Crippen LogP contribution in [0, 0.1) is 12.7 Å². The topological polar surface area (TPSA) is 49.7 Å². The summed E-state index contributed by atoms with van der Waals surface area (Å²) in [6.07, 6.45) is 0. The first-order valence-corrected chi connectivity index (χ1v) is 6.38. The average molecular weight is 295 g/mol. The maximum atomic E-state index is 12.9. The minimum atomic E-state index is -1.50. The van der Waals surface area contributed by atoms with Gasteiger partial charge in [0.05, 0.1) is 5.02 Å². The Morgan fingerprint density at radius 3 is 2.55 bits per heavy atom. The van der Waals surface area contributed by atoms with Crippen LogP contribution in [0.25, 0.3) is 0 Å². The van der Waals surface area contributed by atoms with Crippen LogP contribution in [0.3, 0.4) is 0 Å². The number of hydrogen-bond donors (Lipinski definition) is 2. The first-order valence-electron chi connectivity index (χ1n) is 6.01. The van der Waals surface area contributed by atoms with Gasteiger partial charge < -0.3 is 14.8 Å². The van der Waals surface area contributed by atoms with Crippen LogP contribution in [0.4, 0.5) is 4.39 Å². The van der Waals surface area contributed by atoms with Crippen molar-refractivity contribution in [2.24, 2.45) is 0 Å². The van der Waals surface area contributed by atoms with Crippen molar-refractivity contribution in [3.8, 4) is 5.75 Å². The van der Waals surface area contributed by atoms with Gasteiger partial charge in [0.2, 0.25) is 0 Å². The van der Waals surface area contributed by atoms with Gasteiger partial charge in [-0.3, -0.25) is 0 Å². The molecule has 6 heteroatoms. The van der Waals surface area contributed by atoms with Gasteiger partial charge in [-0.25, -0.2) is 4.39 Å². The third-order valence-electron chi connectivity index (χ3n) is 2.93. The third kappa shape index (κ3) is 3.51. The zero-order valence-corrected chi connectivity index (χ0v) is 11.6. The maximum Gasteiger partial charge on any atom is 0.488 e. The van der Waals surface area contributed by atoms with Gasteiger partial charge in [0.1, 0.15) is 18.2 Å². The lowest BCUT2D eigenvalue weighted by atomic mass is 9.77. The van der Waals surface area contributed by atoms with E-state index in [9.17, 15) is 4.39 Å². The van der Waals surface area contributed by atoms with Crippen molar-refractivity contribution in [2.75, 3.05) is 0 Å². The van der Waals surface area contributed by atoms with Crippen LogP contribution in [-0.2, 0) is 6.61 Å². The Kier molecular flexibility index (Phi) is 4.65. The largest absolute Gasteiger partial charge is 0.489 e. The molecule has 0 radical (unpaired) electrons. The second kappa shape index (κ2) is 6.26. The van der Waals surface area contributed by atoms with E-state index >= 15 is 0 Å². The predicted octanol–water partition coefficient (Wildman–Crippen LogP) is 2.05. The van der Waals surface area contributed by atoms with E-state index in [1.807, 2.05) is 0 Å². The van der Waals surface area contributed by atoms with Gasteiger partial charge in [0.15, 0.2) is 0 Å². The zero-order chi connectivity index (χ0) is 14.7. The van der Waals surface area contributed by atoms with Gasteiger partial charge in [-0.2, -0.15) is 0 Å². The highest BCUT2D eigenvalue weighted by Crippen LogP contribution is 2.20. The molecule has 0 amide bonds. The first-order chi connectivity index (χ1) is 9.47. The average Bonchev–Trinajstić information content (AvgIpc) is 2.37. The van der Waals surface area contributed by atoms with Crippen LogP contribution < -0.4 is 10.2 Å². The molecule has 2 aromatic rings. The quantitative estimate of drug-likeness (QED) is 0.849. The SMILES string of the molecule is Cc1cc(OCc2ccc(F)cc2Cl)ccc1B(O)O. The van der Waals surface area contributed by atoms with Gasteiger partial charge >= 0.3 is 7.12 Å². The minimum absolute atomic E-state index is 0.208. The van der Waals surface area contributed by atoms with Crippen molar-refractivity contribution >= 4 is 24.2 Å². The van der Waals surface area contributed by atoms with Gasteiger partial charge in [-0.15, -0.1) is 0 Å². The van der Waals surface area contributed by atoms with Gasteiger partial charge in [0.25, 0.3) is 0 Å². The molecule has 3 nitrogen and oxygen atoms in total. The van der Waals surface area contributed by atoms with Gasteiger partial charge in [-0.05, 0) is 42.2 Å². The van der Waals surface area contributed by atoms with Crippen molar-refractivity contribution in [3.63, 3.8) is 0 Å². The molecule has 0 saturated carbocycles. The standard InChI is InChI=1S/C14H13BClFO3/c1-9-6-12(4-5-13(9)15(18)19)20-8-10-2-3-11(17)7-14(10)16/h2-7,18-19H,8H2,1H3. The van der Waals surface area contributed by atoms with Gasteiger partial charge in [-0.1, -0.05) is 23.7 Å². The number of benzene rings is 2. The highest BCUT2D eigenvalue weighted by atomic mass is 35.5. The van der Waals surface area contributed by atoms with Crippen LogP contribution in [-0.4, -0.2) is 17.2 Å². The van der Waals surface area contributed by atoms with E-state index in [-0.39, 0.29) is 6.61 Å². The van der Waals surface area contributed by atoms with Crippen molar-refractivity contribution in [1.82, 2.24) is 0 Å². The summed E-state index contributed by atoms with van der Waals surface area (Å²) in [5, 5.41) is 18.6. The van der Waals surface area contributed by atoms with Crippen molar-refractivity contribution < 1.29 is 19.2 Å². The molecule has 104 valence electrons. The van der Waals surface area contributed by atoms with E-state index in [1.54, 1.807) is 31.2 Å². The fourth-order valence-corrected chi connectivity index (χ4v) is 2.05. The summed E-state index contributed by atoms with van der Waals surface area (Å²) < 4.78 is 18.5. The Labute approximate surface area is 121 Å². The number of rotatable bonds is 4. The lowest BCUT2D eigenvalue weighted by Crippen LogP contribution is -2.31. The summed E-state index contributed by atoms with van der Waals surface area (Å²) in [6, 6.07) is 9.04. The molecular formula is C14H13BClFO3. The highest BCUT2D eigenvalue weighted by molar-refractivity contribution is 6.59. The Hall–Kier alpha value is -1.56. The van der Waals surface area contributed by atoms with Crippen molar-refractivity contribution in [3.05, 3.63) is 58.4 Å². The summed E-state index contributed by atoms with van der Waals surface area (Å²) in [6.45, 7) is 1.96. The first kappa shape index (κ1) is 14.8. The molecule has 0 aromatic heterocycles. The zero-order valence-electron chi connectivity index (χ0n) is 10.8. The van der Waals surface area contributed by atoms with Crippen LogP contribution in [0.1, 0.15) is 11.1 Å². The lowest BCUT2D eigenvalue weighted by Gasteiger charge is -2.10. The number of hydrogen-bond acceptors (Lipinski definition) is 3. The fraction of sp³-hybridized carbons (Fsp3) is 0.143. The molecule has 0 unspecified atom stereocenters. The molecule has 0 aliphatic rings. The Bertz CT molecular complexity index is 619. The minimum Gasteiger partial charge on any atom is -0.489 e. The van der Waals surface area contributed by atoms with Crippen molar-refractivity contribution in [2.45, 2.75) is 13.5 Å². The predicted molar refractivity (Wildman–Crippen MR) is 76.7 cm³/mol. The maximum absolute atomic E-state index is 12.9. The van der Waals surface area contributed by atoms with Crippen LogP contribution >= 0.6 is 11.6 Å².